The molecule has 2 N–H and O–H groups in total. The molecule has 106 valence electrons. The molecule has 0 radical (unpaired) electrons. The van der Waals surface area contributed by atoms with Crippen LogP contribution in [0, 0.1) is 0 Å². The zero-order valence-electron chi connectivity index (χ0n) is 11.7. The fourth-order valence-corrected chi connectivity index (χ4v) is 1.80. The van der Waals surface area contributed by atoms with Crippen molar-refractivity contribution in [3.63, 3.8) is 0 Å². The molecule has 2 aromatic rings. The van der Waals surface area contributed by atoms with Gasteiger partial charge in [-0.2, -0.15) is 0 Å². The Bertz CT molecular complexity index is 614. The number of nitrogens with one attached hydrogen (secondary N) is 2. The summed E-state index contributed by atoms with van der Waals surface area (Å²) in [4.78, 5) is 11.9. The third-order valence-electron chi connectivity index (χ3n) is 2.52. The van der Waals surface area contributed by atoms with Crippen LogP contribution in [0.4, 0.5) is 0 Å². The molecular formula is C15H17ClN2O2. The van der Waals surface area contributed by atoms with Crippen LogP contribution in [0.15, 0.2) is 40.8 Å². The molecule has 1 amide bonds. The number of hydrogen-bond donors (Lipinski definition) is 2. The minimum atomic E-state index is -0.321. The van der Waals surface area contributed by atoms with Gasteiger partial charge in [0.05, 0.1) is 5.02 Å². The summed E-state index contributed by atoms with van der Waals surface area (Å²) in [6.45, 7) is 5.85. The van der Waals surface area contributed by atoms with E-state index in [4.69, 9.17) is 16.0 Å². The number of carbonyl (C=O) groups is 1. The Hall–Kier alpha value is -1.78. The molecular weight excluding hydrogens is 276 g/mol. The minimum Gasteiger partial charge on any atom is -0.451 e. The highest BCUT2D eigenvalue weighted by Gasteiger charge is 2.16. The van der Waals surface area contributed by atoms with Gasteiger partial charge in [0.25, 0.3) is 0 Å². The van der Waals surface area contributed by atoms with Gasteiger partial charge in [0.1, 0.15) is 5.76 Å². The Balaban J connectivity index is 2.13. The lowest BCUT2D eigenvalue weighted by Crippen LogP contribution is -2.48. The minimum absolute atomic E-state index is 0.214. The zero-order chi connectivity index (χ0) is 14.8. The maximum Gasteiger partial charge on any atom is 0.301 e. The molecule has 0 aliphatic rings. The van der Waals surface area contributed by atoms with E-state index in [1.54, 1.807) is 18.2 Å². The van der Waals surface area contributed by atoms with Gasteiger partial charge in [-0.05, 0) is 45.0 Å². The molecule has 1 aromatic carbocycles. The van der Waals surface area contributed by atoms with E-state index in [2.05, 4.69) is 10.9 Å². The Labute approximate surface area is 123 Å². The van der Waals surface area contributed by atoms with Gasteiger partial charge < -0.3 is 4.42 Å². The van der Waals surface area contributed by atoms with E-state index in [1.165, 1.54) is 0 Å². The van der Waals surface area contributed by atoms with E-state index in [0.717, 1.165) is 5.56 Å². The number of hydrazine groups is 1. The predicted octanol–water partition coefficient (Wildman–Crippen LogP) is 3.63. The Kier molecular flexibility index (Phi) is 4.16. The molecule has 2 rings (SSSR count). The van der Waals surface area contributed by atoms with E-state index < -0.39 is 0 Å². The van der Waals surface area contributed by atoms with Crippen LogP contribution >= 0.6 is 11.6 Å². The van der Waals surface area contributed by atoms with E-state index in [9.17, 15) is 4.79 Å². The lowest BCUT2D eigenvalue weighted by Gasteiger charge is -2.20. The van der Waals surface area contributed by atoms with Crippen LogP contribution in [0.5, 0.6) is 0 Å². The van der Waals surface area contributed by atoms with Gasteiger partial charge in [0, 0.05) is 11.1 Å². The Morgan fingerprint density at radius 2 is 1.85 bits per heavy atom. The summed E-state index contributed by atoms with van der Waals surface area (Å²) in [5.41, 5.74) is 6.04. The SMILES string of the molecule is CC(C)(C)NNC(=O)c1ccc(-c2ccccc2Cl)o1. The van der Waals surface area contributed by atoms with Gasteiger partial charge in [-0.25, -0.2) is 5.43 Å². The van der Waals surface area contributed by atoms with Crippen molar-refractivity contribution >= 4 is 17.5 Å². The van der Waals surface area contributed by atoms with Crippen molar-refractivity contribution in [3.8, 4) is 11.3 Å². The summed E-state index contributed by atoms with van der Waals surface area (Å²) < 4.78 is 5.54. The van der Waals surface area contributed by atoms with E-state index in [0.29, 0.717) is 10.8 Å². The van der Waals surface area contributed by atoms with Crippen LogP contribution < -0.4 is 10.9 Å². The van der Waals surface area contributed by atoms with Gasteiger partial charge in [-0.3, -0.25) is 10.2 Å². The topological polar surface area (TPSA) is 54.3 Å². The van der Waals surface area contributed by atoms with Crippen molar-refractivity contribution in [2.75, 3.05) is 0 Å². The first-order valence-corrected chi connectivity index (χ1v) is 6.67. The number of benzene rings is 1. The van der Waals surface area contributed by atoms with Crippen LogP contribution in [-0.2, 0) is 0 Å². The van der Waals surface area contributed by atoms with E-state index in [1.807, 2.05) is 39.0 Å². The Morgan fingerprint density at radius 3 is 2.50 bits per heavy atom. The van der Waals surface area contributed by atoms with Gasteiger partial charge >= 0.3 is 5.91 Å². The monoisotopic (exact) mass is 292 g/mol. The molecule has 4 nitrogen and oxygen atoms in total. The molecule has 0 spiro atoms. The summed E-state index contributed by atoms with van der Waals surface area (Å²) in [6.07, 6.45) is 0. The fraction of sp³-hybridized carbons (Fsp3) is 0.267. The molecule has 1 heterocycles. The number of furan rings is 1. The smallest absolute Gasteiger partial charge is 0.301 e. The highest BCUT2D eigenvalue weighted by Crippen LogP contribution is 2.28. The second-order valence-electron chi connectivity index (χ2n) is 5.47. The van der Waals surface area contributed by atoms with Crippen LogP contribution in [0.2, 0.25) is 5.02 Å². The van der Waals surface area contributed by atoms with Crippen molar-refractivity contribution in [1.29, 1.82) is 0 Å². The van der Waals surface area contributed by atoms with Gasteiger partial charge in [-0.15, -0.1) is 0 Å². The maximum absolute atomic E-state index is 11.9. The fourth-order valence-electron chi connectivity index (χ4n) is 1.57. The largest absolute Gasteiger partial charge is 0.451 e. The molecule has 0 aliphatic heterocycles. The molecule has 0 unspecified atom stereocenters. The Morgan fingerprint density at radius 1 is 1.15 bits per heavy atom. The predicted molar refractivity (Wildman–Crippen MR) is 79.5 cm³/mol. The highest BCUT2D eigenvalue weighted by molar-refractivity contribution is 6.33. The lowest BCUT2D eigenvalue weighted by atomic mass is 10.1. The van der Waals surface area contributed by atoms with Gasteiger partial charge in [0.2, 0.25) is 0 Å². The molecule has 0 bridgehead atoms. The molecule has 0 fully saturated rings. The second-order valence-corrected chi connectivity index (χ2v) is 5.88. The van der Waals surface area contributed by atoms with Crippen molar-refractivity contribution in [2.24, 2.45) is 0 Å². The average molecular weight is 293 g/mol. The number of hydrogen-bond acceptors (Lipinski definition) is 3. The molecule has 0 atom stereocenters. The first-order chi connectivity index (χ1) is 9.37. The van der Waals surface area contributed by atoms with Gasteiger partial charge in [-0.1, -0.05) is 23.7 Å². The summed E-state index contributed by atoms with van der Waals surface area (Å²) in [7, 11) is 0. The molecule has 1 aromatic heterocycles. The maximum atomic E-state index is 11.9. The summed E-state index contributed by atoms with van der Waals surface area (Å²) in [5, 5.41) is 0.585. The zero-order valence-corrected chi connectivity index (χ0v) is 12.4. The van der Waals surface area contributed by atoms with Crippen LogP contribution in [0.25, 0.3) is 11.3 Å². The lowest BCUT2D eigenvalue weighted by molar-refractivity contribution is 0.0887. The highest BCUT2D eigenvalue weighted by atomic mass is 35.5. The molecule has 0 saturated heterocycles. The molecule has 20 heavy (non-hydrogen) atoms. The summed E-state index contributed by atoms with van der Waals surface area (Å²) in [6, 6.07) is 10.7. The average Bonchev–Trinajstić information content (AvgIpc) is 2.85. The van der Waals surface area contributed by atoms with E-state index in [-0.39, 0.29) is 17.2 Å². The summed E-state index contributed by atoms with van der Waals surface area (Å²) in [5.74, 6) is 0.478. The van der Waals surface area contributed by atoms with Crippen LogP contribution in [0.3, 0.4) is 0 Å². The third kappa shape index (κ3) is 3.62. The van der Waals surface area contributed by atoms with Gasteiger partial charge in [0.15, 0.2) is 5.76 Å². The number of halogens is 1. The standard InChI is InChI=1S/C15H17ClN2O2/c1-15(2,3)18-17-14(19)13-9-8-12(20-13)10-6-4-5-7-11(10)16/h4-9,18H,1-3H3,(H,17,19). The normalized spacial score (nSPS) is 11.4. The molecule has 0 saturated carbocycles. The second kappa shape index (κ2) is 5.69. The van der Waals surface area contributed by atoms with Crippen molar-refractivity contribution in [1.82, 2.24) is 10.9 Å². The van der Waals surface area contributed by atoms with Crippen LogP contribution in [-0.4, -0.2) is 11.4 Å². The van der Waals surface area contributed by atoms with E-state index >= 15 is 0 Å². The first kappa shape index (κ1) is 14.6. The van der Waals surface area contributed by atoms with Crippen molar-refractivity contribution in [3.05, 3.63) is 47.2 Å². The number of amides is 1. The molecule has 5 heteroatoms. The van der Waals surface area contributed by atoms with Crippen molar-refractivity contribution in [2.45, 2.75) is 26.3 Å². The molecule has 0 aliphatic carbocycles. The first-order valence-electron chi connectivity index (χ1n) is 6.29. The number of rotatable bonds is 3. The third-order valence-corrected chi connectivity index (χ3v) is 2.85. The summed E-state index contributed by atoms with van der Waals surface area (Å²) >= 11 is 6.10. The quantitative estimate of drug-likeness (QED) is 0.849. The van der Waals surface area contributed by atoms with Crippen LogP contribution in [0.1, 0.15) is 31.3 Å². The van der Waals surface area contributed by atoms with Crippen molar-refractivity contribution < 1.29 is 9.21 Å². The number of carbonyl (C=O) groups excluding carboxylic acids is 1.